The van der Waals surface area contributed by atoms with Gasteiger partial charge in [0.05, 0.1) is 45.7 Å². The predicted molar refractivity (Wildman–Crippen MR) is 126 cm³/mol. The molecule has 0 aliphatic carbocycles. The standard InChI is InChI=1S/C27H36O5/c1-21(14-15-29-18-23-10-12-24(28-4)13-11-23)16-25(17-26-20-31-27(2,3)32-26)30-19-22-8-6-5-7-9-22/h5-14,25-26H,15-20H2,1-4H3/b21-14+/t25-,26-/m0/s1. The van der Waals surface area contributed by atoms with E-state index in [1.165, 1.54) is 11.1 Å². The van der Waals surface area contributed by atoms with Crippen molar-refractivity contribution in [2.75, 3.05) is 20.3 Å². The molecule has 1 saturated heterocycles. The second-order valence-electron chi connectivity index (χ2n) is 8.72. The Balaban J connectivity index is 1.49. The van der Waals surface area contributed by atoms with Crippen LogP contribution in [0, 0.1) is 0 Å². The topological polar surface area (TPSA) is 46.2 Å². The number of ether oxygens (including phenoxy) is 5. The van der Waals surface area contributed by atoms with E-state index >= 15 is 0 Å². The van der Waals surface area contributed by atoms with Crippen LogP contribution in [-0.2, 0) is 32.2 Å². The summed E-state index contributed by atoms with van der Waals surface area (Å²) >= 11 is 0. The highest BCUT2D eigenvalue weighted by Gasteiger charge is 2.34. The van der Waals surface area contributed by atoms with Crippen molar-refractivity contribution in [3.63, 3.8) is 0 Å². The van der Waals surface area contributed by atoms with Gasteiger partial charge in [0.25, 0.3) is 0 Å². The molecule has 1 fully saturated rings. The van der Waals surface area contributed by atoms with Gasteiger partial charge in [-0.2, -0.15) is 0 Å². The van der Waals surface area contributed by atoms with E-state index in [1.807, 2.05) is 56.3 Å². The molecule has 32 heavy (non-hydrogen) atoms. The molecule has 5 heteroatoms. The summed E-state index contributed by atoms with van der Waals surface area (Å²) in [6.07, 6.45) is 3.87. The Morgan fingerprint density at radius 1 is 1.06 bits per heavy atom. The molecule has 0 bridgehead atoms. The van der Waals surface area contributed by atoms with Crippen LogP contribution in [-0.4, -0.2) is 38.3 Å². The van der Waals surface area contributed by atoms with Crippen LogP contribution in [0.5, 0.6) is 5.75 Å². The van der Waals surface area contributed by atoms with Gasteiger partial charge >= 0.3 is 0 Å². The molecule has 2 aromatic carbocycles. The minimum Gasteiger partial charge on any atom is -0.497 e. The molecule has 3 rings (SSSR count). The Kier molecular flexibility index (Phi) is 9.30. The van der Waals surface area contributed by atoms with E-state index in [4.69, 9.17) is 23.7 Å². The van der Waals surface area contributed by atoms with E-state index in [1.54, 1.807) is 7.11 Å². The molecule has 2 aromatic rings. The monoisotopic (exact) mass is 440 g/mol. The van der Waals surface area contributed by atoms with Crippen molar-refractivity contribution in [3.05, 3.63) is 77.4 Å². The minimum atomic E-state index is -0.519. The molecular formula is C27H36O5. The molecule has 2 atom stereocenters. The van der Waals surface area contributed by atoms with Gasteiger partial charge in [-0.1, -0.05) is 54.1 Å². The molecule has 0 saturated carbocycles. The molecule has 0 spiro atoms. The first-order valence-corrected chi connectivity index (χ1v) is 11.3. The highest BCUT2D eigenvalue weighted by atomic mass is 16.7. The van der Waals surface area contributed by atoms with E-state index in [9.17, 15) is 0 Å². The van der Waals surface area contributed by atoms with Crippen LogP contribution in [0.3, 0.4) is 0 Å². The zero-order valence-corrected chi connectivity index (χ0v) is 19.7. The number of rotatable bonds is 12. The molecule has 0 radical (unpaired) electrons. The zero-order chi connectivity index (χ0) is 22.8. The van der Waals surface area contributed by atoms with Crippen molar-refractivity contribution in [1.29, 1.82) is 0 Å². The average molecular weight is 441 g/mol. The summed E-state index contributed by atoms with van der Waals surface area (Å²) in [5, 5.41) is 0. The van der Waals surface area contributed by atoms with Crippen LogP contribution >= 0.6 is 0 Å². The normalized spacial score (nSPS) is 19.1. The molecule has 0 amide bonds. The Hall–Kier alpha value is -2.18. The fourth-order valence-corrected chi connectivity index (χ4v) is 3.71. The Bertz CT molecular complexity index is 829. The number of benzene rings is 2. The van der Waals surface area contributed by atoms with E-state index in [2.05, 4.69) is 25.1 Å². The summed E-state index contributed by atoms with van der Waals surface area (Å²) in [4.78, 5) is 0. The van der Waals surface area contributed by atoms with Crippen molar-refractivity contribution in [2.45, 2.75) is 64.8 Å². The third kappa shape index (κ3) is 8.40. The lowest BCUT2D eigenvalue weighted by Crippen LogP contribution is -2.26. The lowest BCUT2D eigenvalue weighted by Gasteiger charge is -2.23. The summed E-state index contributed by atoms with van der Waals surface area (Å²) in [7, 11) is 1.67. The maximum Gasteiger partial charge on any atom is 0.163 e. The van der Waals surface area contributed by atoms with Gasteiger partial charge in [0, 0.05) is 6.42 Å². The van der Waals surface area contributed by atoms with Crippen molar-refractivity contribution >= 4 is 0 Å². The van der Waals surface area contributed by atoms with Gasteiger partial charge in [-0.25, -0.2) is 0 Å². The Labute approximate surface area is 192 Å². The summed E-state index contributed by atoms with van der Waals surface area (Å²) in [6.45, 7) is 8.38. The fourth-order valence-electron chi connectivity index (χ4n) is 3.71. The largest absolute Gasteiger partial charge is 0.497 e. The molecule has 1 heterocycles. The average Bonchev–Trinajstić information content (AvgIpc) is 3.14. The van der Waals surface area contributed by atoms with Gasteiger partial charge < -0.3 is 23.7 Å². The first-order valence-electron chi connectivity index (χ1n) is 11.3. The van der Waals surface area contributed by atoms with Crippen LogP contribution in [0.4, 0.5) is 0 Å². The molecule has 0 N–H and O–H groups in total. The second kappa shape index (κ2) is 12.2. The Morgan fingerprint density at radius 2 is 1.78 bits per heavy atom. The van der Waals surface area contributed by atoms with E-state index in [-0.39, 0.29) is 12.2 Å². The van der Waals surface area contributed by atoms with Crippen LogP contribution in [0.15, 0.2) is 66.2 Å². The zero-order valence-electron chi connectivity index (χ0n) is 19.7. The number of hydrogen-bond acceptors (Lipinski definition) is 5. The maximum atomic E-state index is 6.30. The maximum absolute atomic E-state index is 6.30. The van der Waals surface area contributed by atoms with Crippen molar-refractivity contribution in [1.82, 2.24) is 0 Å². The van der Waals surface area contributed by atoms with Crippen LogP contribution in [0.25, 0.3) is 0 Å². The van der Waals surface area contributed by atoms with Crippen LogP contribution < -0.4 is 4.74 Å². The Morgan fingerprint density at radius 3 is 2.44 bits per heavy atom. The SMILES string of the molecule is COc1ccc(COC/C=C(\C)C[C@@H](C[C@H]2COC(C)(C)O2)OCc2ccccc2)cc1. The summed E-state index contributed by atoms with van der Waals surface area (Å²) in [5.41, 5.74) is 3.55. The lowest BCUT2D eigenvalue weighted by molar-refractivity contribution is -0.142. The van der Waals surface area contributed by atoms with Crippen molar-refractivity contribution in [3.8, 4) is 5.75 Å². The van der Waals surface area contributed by atoms with Crippen LogP contribution in [0.1, 0.15) is 44.7 Å². The first-order chi connectivity index (χ1) is 15.4. The van der Waals surface area contributed by atoms with E-state index in [0.717, 1.165) is 24.2 Å². The number of methoxy groups -OCH3 is 1. The van der Waals surface area contributed by atoms with Gasteiger partial charge in [0.15, 0.2) is 5.79 Å². The fraction of sp³-hybridized carbons (Fsp3) is 0.481. The van der Waals surface area contributed by atoms with Crippen LogP contribution in [0.2, 0.25) is 0 Å². The molecule has 0 unspecified atom stereocenters. The van der Waals surface area contributed by atoms with E-state index < -0.39 is 5.79 Å². The van der Waals surface area contributed by atoms with Gasteiger partial charge in [-0.15, -0.1) is 0 Å². The van der Waals surface area contributed by atoms with Crippen molar-refractivity contribution < 1.29 is 23.7 Å². The number of hydrogen-bond donors (Lipinski definition) is 0. The molecule has 1 aliphatic rings. The van der Waals surface area contributed by atoms with Gasteiger partial charge in [0.2, 0.25) is 0 Å². The summed E-state index contributed by atoms with van der Waals surface area (Å²) in [5.74, 6) is 0.334. The molecular weight excluding hydrogens is 404 g/mol. The van der Waals surface area contributed by atoms with Crippen molar-refractivity contribution in [2.24, 2.45) is 0 Å². The lowest BCUT2D eigenvalue weighted by atomic mass is 10.0. The predicted octanol–water partition coefficient (Wildman–Crippen LogP) is 5.68. The smallest absolute Gasteiger partial charge is 0.163 e. The minimum absolute atomic E-state index is 0.0462. The van der Waals surface area contributed by atoms with E-state index in [0.29, 0.717) is 26.4 Å². The van der Waals surface area contributed by atoms with Gasteiger partial charge in [0.1, 0.15) is 5.75 Å². The first kappa shape index (κ1) is 24.5. The molecule has 1 aliphatic heterocycles. The highest BCUT2D eigenvalue weighted by molar-refractivity contribution is 5.26. The summed E-state index contributed by atoms with van der Waals surface area (Å²) in [6, 6.07) is 18.2. The quantitative estimate of drug-likeness (QED) is 0.314. The molecule has 0 aromatic heterocycles. The molecule has 174 valence electrons. The third-order valence-corrected chi connectivity index (χ3v) is 5.45. The van der Waals surface area contributed by atoms with Gasteiger partial charge in [-0.3, -0.25) is 0 Å². The summed E-state index contributed by atoms with van der Waals surface area (Å²) < 4.78 is 29.1. The van der Waals surface area contributed by atoms with Gasteiger partial charge in [-0.05, 0) is 50.5 Å². The molecule has 5 nitrogen and oxygen atoms in total. The highest BCUT2D eigenvalue weighted by Crippen LogP contribution is 2.27. The second-order valence-corrected chi connectivity index (χ2v) is 8.72. The third-order valence-electron chi connectivity index (χ3n) is 5.45.